The molecule has 0 spiro atoms. The molecular weight excluding hydrogens is 436 g/mol. The number of nitrogens with zero attached hydrogens (tertiary/aromatic N) is 3. The highest BCUT2D eigenvalue weighted by molar-refractivity contribution is 7.89. The monoisotopic (exact) mass is 470 g/mol. The number of carbonyl (C=O) groups is 1. The molecule has 7 nitrogen and oxygen atoms in total. The Hall–Kier alpha value is -2.42. The number of sulfonamides is 1. The van der Waals surface area contributed by atoms with E-state index in [4.69, 9.17) is 0 Å². The van der Waals surface area contributed by atoms with Gasteiger partial charge in [-0.25, -0.2) is 8.42 Å². The first-order valence-corrected chi connectivity index (χ1v) is 13.3. The van der Waals surface area contributed by atoms with Gasteiger partial charge in [0.05, 0.1) is 16.3 Å². The minimum absolute atomic E-state index is 0.239. The van der Waals surface area contributed by atoms with Crippen LogP contribution in [0.25, 0.3) is 0 Å². The fourth-order valence-electron chi connectivity index (χ4n) is 4.51. The first kappa shape index (κ1) is 23.7. The number of hydrogen-bond acceptors (Lipinski definition) is 5. The minimum atomic E-state index is -3.52. The molecular formula is C25H34N4O3S. The van der Waals surface area contributed by atoms with Crippen LogP contribution >= 0.6 is 0 Å². The summed E-state index contributed by atoms with van der Waals surface area (Å²) in [6.07, 6.45) is 1.76. The van der Waals surface area contributed by atoms with Crippen molar-refractivity contribution in [3.05, 3.63) is 54.1 Å². The molecule has 0 aliphatic carbocycles. The Labute approximate surface area is 197 Å². The van der Waals surface area contributed by atoms with Crippen molar-refractivity contribution in [2.45, 2.75) is 31.6 Å². The highest BCUT2D eigenvalue weighted by Gasteiger charge is 2.28. The van der Waals surface area contributed by atoms with E-state index in [-0.39, 0.29) is 10.8 Å². The van der Waals surface area contributed by atoms with Crippen LogP contribution in [0.2, 0.25) is 0 Å². The van der Waals surface area contributed by atoms with Crippen LogP contribution in [0.1, 0.15) is 37.0 Å². The van der Waals surface area contributed by atoms with Gasteiger partial charge in [-0.05, 0) is 61.7 Å². The van der Waals surface area contributed by atoms with E-state index >= 15 is 0 Å². The van der Waals surface area contributed by atoms with E-state index in [0.717, 1.165) is 56.9 Å². The first-order valence-electron chi connectivity index (χ1n) is 11.9. The Morgan fingerprint density at radius 1 is 0.939 bits per heavy atom. The summed E-state index contributed by atoms with van der Waals surface area (Å²) in [6.45, 7) is 10.3. The molecule has 2 saturated heterocycles. The molecule has 2 aliphatic heterocycles. The van der Waals surface area contributed by atoms with Gasteiger partial charge in [-0.15, -0.1) is 0 Å². The number of anilines is 2. The Balaban J connectivity index is 1.45. The van der Waals surface area contributed by atoms with Gasteiger partial charge in [-0.3, -0.25) is 4.79 Å². The molecule has 2 aromatic rings. The van der Waals surface area contributed by atoms with E-state index in [9.17, 15) is 13.2 Å². The third-order valence-electron chi connectivity index (χ3n) is 6.81. The van der Waals surface area contributed by atoms with Crippen LogP contribution in [-0.2, 0) is 10.0 Å². The van der Waals surface area contributed by atoms with Gasteiger partial charge in [0.2, 0.25) is 10.0 Å². The van der Waals surface area contributed by atoms with Crippen LogP contribution in [0.5, 0.6) is 0 Å². The summed E-state index contributed by atoms with van der Waals surface area (Å²) in [5.41, 5.74) is 2.22. The average molecular weight is 471 g/mol. The van der Waals surface area contributed by atoms with E-state index in [2.05, 4.69) is 29.0 Å². The zero-order valence-corrected chi connectivity index (χ0v) is 20.4. The third kappa shape index (κ3) is 5.39. The van der Waals surface area contributed by atoms with Crippen molar-refractivity contribution in [3.8, 4) is 0 Å². The molecule has 178 valence electrons. The largest absolute Gasteiger partial charge is 0.367 e. The van der Waals surface area contributed by atoms with E-state index in [1.165, 1.54) is 12.1 Å². The van der Waals surface area contributed by atoms with Crippen LogP contribution in [0.15, 0.2) is 53.4 Å². The summed E-state index contributed by atoms with van der Waals surface area (Å²) in [4.78, 5) is 17.9. The zero-order valence-electron chi connectivity index (χ0n) is 19.5. The van der Waals surface area contributed by atoms with Gasteiger partial charge in [0.1, 0.15) is 0 Å². The summed E-state index contributed by atoms with van der Waals surface area (Å²) in [7, 11) is -3.52. The summed E-state index contributed by atoms with van der Waals surface area (Å²) in [5, 5.41) is 3.02. The second kappa shape index (κ2) is 10.2. The maximum absolute atomic E-state index is 12.9. The number of carbonyl (C=O) groups excluding carboxylic acids is 1. The van der Waals surface area contributed by atoms with Crippen LogP contribution in [-0.4, -0.2) is 69.3 Å². The number of rotatable bonds is 6. The topological polar surface area (TPSA) is 73.0 Å². The first-order chi connectivity index (χ1) is 15.9. The molecule has 4 rings (SSSR count). The SMILES string of the molecule is CCN1CCN(c2ccccc2NC(=O)c2ccc(S(=O)(=O)N3CCC(C)CC3)cc2)CC1. The third-order valence-corrected chi connectivity index (χ3v) is 8.72. The van der Waals surface area contributed by atoms with E-state index in [1.807, 2.05) is 24.3 Å². The van der Waals surface area contributed by atoms with Gasteiger partial charge in [-0.1, -0.05) is 26.0 Å². The maximum Gasteiger partial charge on any atom is 0.255 e. The quantitative estimate of drug-likeness (QED) is 0.700. The van der Waals surface area contributed by atoms with Crippen molar-refractivity contribution in [1.82, 2.24) is 9.21 Å². The van der Waals surface area contributed by atoms with Crippen molar-refractivity contribution >= 4 is 27.3 Å². The molecule has 0 bridgehead atoms. The Morgan fingerprint density at radius 2 is 1.58 bits per heavy atom. The van der Waals surface area contributed by atoms with Gasteiger partial charge in [-0.2, -0.15) is 4.31 Å². The number of nitrogens with one attached hydrogen (secondary N) is 1. The maximum atomic E-state index is 12.9. The highest BCUT2D eigenvalue weighted by Crippen LogP contribution is 2.28. The lowest BCUT2D eigenvalue weighted by atomic mass is 10.0. The Kier molecular flexibility index (Phi) is 7.36. The van der Waals surface area contributed by atoms with Gasteiger partial charge in [0.15, 0.2) is 0 Å². The predicted octanol–water partition coefficient (Wildman–Crippen LogP) is 3.50. The fraction of sp³-hybridized carbons (Fsp3) is 0.480. The standard InChI is InChI=1S/C25H34N4O3S/c1-3-27-16-18-28(19-17-27)24-7-5-4-6-23(24)26-25(30)21-8-10-22(11-9-21)33(31,32)29-14-12-20(2)13-15-29/h4-11,20H,3,12-19H2,1-2H3,(H,26,30). The molecule has 1 N–H and O–H groups in total. The van der Waals surface area contributed by atoms with E-state index in [1.54, 1.807) is 16.4 Å². The molecule has 0 unspecified atom stereocenters. The van der Waals surface area contributed by atoms with Crippen molar-refractivity contribution < 1.29 is 13.2 Å². The molecule has 0 aromatic heterocycles. The molecule has 2 fully saturated rings. The molecule has 33 heavy (non-hydrogen) atoms. The second-order valence-corrected chi connectivity index (χ2v) is 10.9. The summed E-state index contributed by atoms with van der Waals surface area (Å²) in [6, 6.07) is 14.1. The van der Waals surface area contributed by atoms with Crippen LogP contribution in [0, 0.1) is 5.92 Å². The average Bonchev–Trinajstić information content (AvgIpc) is 2.85. The van der Waals surface area contributed by atoms with Crippen LogP contribution in [0.4, 0.5) is 11.4 Å². The van der Waals surface area contributed by atoms with Crippen LogP contribution in [0.3, 0.4) is 0 Å². The van der Waals surface area contributed by atoms with Crippen LogP contribution < -0.4 is 10.2 Å². The second-order valence-electron chi connectivity index (χ2n) is 9.00. The van der Waals surface area contributed by atoms with Gasteiger partial charge >= 0.3 is 0 Å². The number of piperidine rings is 1. The van der Waals surface area contributed by atoms with Crippen molar-refractivity contribution in [3.63, 3.8) is 0 Å². The summed E-state index contributed by atoms with van der Waals surface area (Å²) < 4.78 is 27.4. The molecule has 2 aliphatic rings. The molecule has 0 radical (unpaired) electrons. The van der Waals surface area contributed by atoms with Crippen molar-refractivity contribution in [2.24, 2.45) is 5.92 Å². The molecule has 2 aromatic carbocycles. The fourth-order valence-corrected chi connectivity index (χ4v) is 5.98. The smallest absolute Gasteiger partial charge is 0.255 e. The predicted molar refractivity (Wildman–Crippen MR) is 132 cm³/mol. The number of amides is 1. The van der Waals surface area contributed by atoms with Crippen molar-refractivity contribution in [2.75, 3.05) is 56.0 Å². The lowest BCUT2D eigenvalue weighted by molar-refractivity contribution is 0.102. The lowest BCUT2D eigenvalue weighted by Gasteiger charge is -2.36. The number of hydrogen-bond donors (Lipinski definition) is 1. The number of piperazine rings is 1. The molecule has 8 heteroatoms. The highest BCUT2D eigenvalue weighted by atomic mass is 32.2. The number of para-hydroxylation sites is 2. The van der Waals surface area contributed by atoms with Gasteiger partial charge < -0.3 is 15.1 Å². The molecule has 0 saturated carbocycles. The molecule has 1 amide bonds. The Bertz CT molecular complexity index is 1060. The van der Waals surface area contributed by atoms with Crippen molar-refractivity contribution in [1.29, 1.82) is 0 Å². The van der Waals surface area contributed by atoms with E-state index < -0.39 is 10.0 Å². The van der Waals surface area contributed by atoms with Gasteiger partial charge in [0.25, 0.3) is 5.91 Å². The molecule has 0 atom stereocenters. The number of benzene rings is 2. The lowest BCUT2D eigenvalue weighted by Crippen LogP contribution is -2.46. The Morgan fingerprint density at radius 3 is 2.21 bits per heavy atom. The normalized spacial score (nSPS) is 18.9. The number of likely N-dealkylation sites (N-methyl/N-ethyl adjacent to an activating group) is 1. The van der Waals surface area contributed by atoms with Gasteiger partial charge in [0, 0.05) is 44.8 Å². The van der Waals surface area contributed by atoms with E-state index in [0.29, 0.717) is 24.6 Å². The summed E-state index contributed by atoms with van der Waals surface area (Å²) in [5.74, 6) is 0.311. The minimum Gasteiger partial charge on any atom is -0.367 e. The summed E-state index contributed by atoms with van der Waals surface area (Å²) >= 11 is 0. The zero-order chi connectivity index (χ0) is 23.4. The molecule has 2 heterocycles.